The van der Waals surface area contributed by atoms with Crippen LogP contribution in [0.1, 0.15) is 65.9 Å². The van der Waals surface area contributed by atoms with Crippen molar-refractivity contribution in [2.45, 2.75) is 96.7 Å². The lowest BCUT2D eigenvalue weighted by Gasteiger charge is -2.48. The summed E-state index contributed by atoms with van der Waals surface area (Å²) in [7, 11) is -1.82. The summed E-state index contributed by atoms with van der Waals surface area (Å²) in [5.74, 6) is 0.901. The number of carbonyl (C=O) groups is 1. The minimum atomic E-state index is -1.82. The van der Waals surface area contributed by atoms with Gasteiger partial charge in [0.1, 0.15) is 11.4 Å². The van der Waals surface area contributed by atoms with E-state index in [1.807, 2.05) is 18.2 Å². The Morgan fingerprint density at radius 3 is 2.38 bits per heavy atom. The van der Waals surface area contributed by atoms with E-state index in [0.29, 0.717) is 31.5 Å². The molecule has 0 unspecified atom stereocenters. The van der Waals surface area contributed by atoms with E-state index in [4.69, 9.17) is 13.9 Å². The highest BCUT2D eigenvalue weighted by atomic mass is 28.4. The van der Waals surface area contributed by atoms with Crippen molar-refractivity contribution in [2.24, 2.45) is 16.7 Å². The van der Waals surface area contributed by atoms with Crippen LogP contribution in [0.3, 0.4) is 0 Å². The summed E-state index contributed by atoms with van der Waals surface area (Å²) < 4.78 is 19.2. The fraction of sp³-hybridized carbons (Fsp3) is 0.690. The van der Waals surface area contributed by atoms with Gasteiger partial charge in [-0.05, 0) is 54.3 Å². The standard InChI is InChI=1S/C29H44O4Si/c1-26(2,3)34(6,7)33-18-14-25-29(21-31-25,32-20-22-11-9-8-10-12-22)17-16-28-15-13-23(19-24(28)30)27(28,4)5/h8-12,16-17,23,25H,13-15,18-21H2,1-7H3/b17-16+/t23-,25-,28-,29+/m1/s1. The molecule has 1 heterocycles. The zero-order valence-electron chi connectivity index (χ0n) is 22.3. The predicted octanol–water partition coefficient (Wildman–Crippen LogP) is 6.70. The first-order chi connectivity index (χ1) is 15.8. The molecule has 1 aromatic carbocycles. The summed E-state index contributed by atoms with van der Waals surface area (Å²) in [6.07, 6.45) is 7.95. The van der Waals surface area contributed by atoms with E-state index in [1.54, 1.807) is 0 Å². The van der Waals surface area contributed by atoms with Crippen molar-refractivity contribution >= 4 is 14.1 Å². The minimum absolute atomic E-state index is 0.00669. The molecule has 1 saturated heterocycles. The molecule has 34 heavy (non-hydrogen) atoms. The molecule has 2 saturated carbocycles. The number of allylic oxidation sites excluding steroid dienone is 1. The second-order valence-electron chi connectivity index (χ2n) is 12.8. The summed E-state index contributed by atoms with van der Waals surface area (Å²) in [4.78, 5) is 13.1. The second kappa shape index (κ2) is 8.99. The summed E-state index contributed by atoms with van der Waals surface area (Å²) in [6, 6.07) is 10.3. The molecule has 0 aromatic heterocycles. The van der Waals surface area contributed by atoms with Gasteiger partial charge in [-0.2, -0.15) is 0 Å². The highest BCUT2D eigenvalue weighted by Gasteiger charge is 2.63. The second-order valence-corrected chi connectivity index (χ2v) is 17.6. The van der Waals surface area contributed by atoms with Crippen LogP contribution in [0.4, 0.5) is 0 Å². The van der Waals surface area contributed by atoms with Crippen molar-refractivity contribution in [3.8, 4) is 0 Å². The van der Waals surface area contributed by atoms with Crippen LogP contribution in [0.2, 0.25) is 18.1 Å². The molecule has 0 radical (unpaired) electrons. The van der Waals surface area contributed by atoms with Crippen LogP contribution in [-0.2, 0) is 25.3 Å². The van der Waals surface area contributed by atoms with Crippen molar-refractivity contribution in [1.29, 1.82) is 0 Å². The predicted molar refractivity (Wildman–Crippen MR) is 139 cm³/mol. The van der Waals surface area contributed by atoms with Gasteiger partial charge in [-0.3, -0.25) is 4.79 Å². The molecule has 4 rings (SSSR count). The quantitative estimate of drug-likeness (QED) is 0.289. The number of benzene rings is 1. The first-order valence-corrected chi connectivity index (χ1v) is 15.9. The average Bonchev–Trinajstić information content (AvgIpc) is 3.11. The smallest absolute Gasteiger partial charge is 0.191 e. The lowest BCUT2D eigenvalue weighted by atomic mass is 9.68. The molecule has 0 N–H and O–H groups in total. The van der Waals surface area contributed by atoms with Gasteiger partial charge in [0.25, 0.3) is 0 Å². The molecule has 4 nitrogen and oxygen atoms in total. The number of rotatable bonds is 9. The van der Waals surface area contributed by atoms with E-state index < -0.39 is 13.9 Å². The highest BCUT2D eigenvalue weighted by molar-refractivity contribution is 6.74. The van der Waals surface area contributed by atoms with E-state index in [1.165, 1.54) is 0 Å². The first kappa shape index (κ1) is 25.8. The molecular weight excluding hydrogens is 440 g/mol. The molecule has 1 aromatic rings. The lowest BCUT2D eigenvalue weighted by Crippen LogP contribution is -2.59. The molecule has 4 atom stereocenters. The molecule has 1 aliphatic heterocycles. The van der Waals surface area contributed by atoms with Crippen LogP contribution in [0.25, 0.3) is 0 Å². The summed E-state index contributed by atoms with van der Waals surface area (Å²) in [5, 5.41) is 0.181. The van der Waals surface area contributed by atoms with Crippen molar-refractivity contribution in [3.05, 3.63) is 48.0 Å². The van der Waals surface area contributed by atoms with Crippen molar-refractivity contribution in [1.82, 2.24) is 0 Å². The zero-order chi connectivity index (χ0) is 24.8. The Kier molecular flexibility index (Phi) is 6.82. The molecular formula is C29H44O4Si. The van der Waals surface area contributed by atoms with Gasteiger partial charge < -0.3 is 13.9 Å². The van der Waals surface area contributed by atoms with Crippen LogP contribution < -0.4 is 0 Å². The molecule has 5 heteroatoms. The van der Waals surface area contributed by atoms with Gasteiger partial charge in [-0.25, -0.2) is 0 Å². The number of ether oxygens (including phenoxy) is 2. The number of fused-ring (bicyclic) bond motifs is 2. The van der Waals surface area contributed by atoms with Crippen LogP contribution in [0.5, 0.6) is 0 Å². The summed E-state index contributed by atoms with van der Waals surface area (Å²) >= 11 is 0. The van der Waals surface area contributed by atoms with Gasteiger partial charge in [-0.15, -0.1) is 0 Å². The molecule has 3 aliphatic rings. The first-order valence-electron chi connectivity index (χ1n) is 13.0. The van der Waals surface area contributed by atoms with E-state index in [2.05, 4.69) is 72.0 Å². The Hall–Kier alpha value is -1.27. The van der Waals surface area contributed by atoms with Crippen LogP contribution in [0, 0.1) is 16.7 Å². The minimum Gasteiger partial charge on any atom is -0.417 e. The molecule has 2 bridgehead atoms. The fourth-order valence-electron chi connectivity index (χ4n) is 5.85. The maximum absolute atomic E-state index is 13.1. The Morgan fingerprint density at radius 1 is 1.15 bits per heavy atom. The van der Waals surface area contributed by atoms with Crippen molar-refractivity contribution in [2.75, 3.05) is 13.2 Å². The van der Waals surface area contributed by atoms with E-state index in [9.17, 15) is 4.79 Å². The van der Waals surface area contributed by atoms with Gasteiger partial charge in [0.15, 0.2) is 8.32 Å². The number of carbonyl (C=O) groups excluding carboxylic acids is 1. The van der Waals surface area contributed by atoms with E-state index in [-0.39, 0.29) is 22.0 Å². The average molecular weight is 485 g/mol. The Bertz CT molecular complexity index is 916. The molecule has 3 fully saturated rings. The molecule has 0 spiro atoms. The van der Waals surface area contributed by atoms with Crippen LogP contribution >= 0.6 is 0 Å². The van der Waals surface area contributed by atoms with E-state index in [0.717, 1.165) is 31.2 Å². The van der Waals surface area contributed by atoms with Crippen molar-refractivity contribution < 1.29 is 18.7 Å². The van der Waals surface area contributed by atoms with Gasteiger partial charge in [0.05, 0.1) is 24.7 Å². The molecule has 0 amide bonds. The topological polar surface area (TPSA) is 44.8 Å². The Balaban J connectivity index is 1.52. The maximum Gasteiger partial charge on any atom is 0.191 e. The van der Waals surface area contributed by atoms with Gasteiger partial charge in [-0.1, -0.05) is 77.1 Å². The van der Waals surface area contributed by atoms with Gasteiger partial charge >= 0.3 is 0 Å². The third-order valence-electron chi connectivity index (χ3n) is 9.69. The number of Topliss-reactive ketones (excluding diaryl/α,β-unsaturated/α-hetero) is 1. The summed E-state index contributed by atoms with van der Waals surface area (Å²) in [5.41, 5.74) is 0.277. The van der Waals surface area contributed by atoms with Gasteiger partial charge in [0.2, 0.25) is 0 Å². The van der Waals surface area contributed by atoms with Crippen LogP contribution in [-0.4, -0.2) is 39.0 Å². The Morgan fingerprint density at radius 2 is 1.85 bits per heavy atom. The van der Waals surface area contributed by atoms with Gasteiger partial charge in [0, 0.05) is 13.0 Å². The monoisotopic (exact) mass is 484 g/mol. The number of hydrogen-bond donors (Lipinski definition) is 0. The lowest BCUT2D eigenvalue weighted by molar-refractivity contribution is -0.243. The number of hydrogen-bond acceptors (Lipinski definition) is 4. The zero-order valence-corrected chi connectivity index (χ0v) is 23.3. The maximum atomic E-state index is 13.1. The molecule has 188 valence electrons. The fourth-order valence-corrected chi connectivity index (χ4v) is 6.91. The van der Waals surface area contributed by atoms with E-state index >= 15 is 0 Å². The summed E-state index contributed by atoms with van der Waals surface area (Å²) in [6.45, 7) is 17.7. The van der Waals surface area contributed by atoms with Crippen LogP contribution in [0.15, 0.2) is 42.5 Å². The normalized spacial score (nSPS) is 33.0. The SMILES string of the molecule is CC1(C)[C@@H]2CC[C@@]1(/C=C/[C@]1(OCc3ccccc3)CO[C@@H]1CCO[Si](C)(C)C(C)(C)C)C(=O)C2. The number of ketones is 1. The largest absolute Gasteiger partial charge is 0.417 e. The van der Waals surface area contributed by atoms with Crippen molar-refractivity contribution in [3.63, 3.8) is 0 Å². The molecule has 2 aliphatic carbocycles. The Labute approximate surface area is 207 Å². The highest BCUT2D eigenvalue weighted by Crippen LogP contribution is 2.64. The third kappa shape index (κ3) is 4.38. The third-order valence-corrected chi connectivity index (χ3v) is 14.2.